The predicted octanol–water partition coefficient (Wildman–Crippen LogP) is 0.878. The van der Waals surface area contributed by atoms with Gasteiger partial charge in [-0.15, -0.1) is 0 Å². The Balaban J connectivity index is 2.41. The van der Waals surface area contributed by atoms with Crippen LogP contribution >= 0.6 is 11.8 Å². The SMILES string of the molecule is CC(CC(C)(N)C(N)=O)SC1CCOC1C. The van der Waals surface area contributed by atoms with Gasteiger partial charge in [0.15, 0.2) is 0 Å². The molecule has 0 radical (unpaired) electrons. The highest BCUT2D eigenvalue weighted by atomic mass is 32.2. The second-order valence-electron chi connectivity index (χ2n) is 4.84. The van der Waals surface area contributed by atoms with Crippen LogP contribution in [-0.4, -0.2) is 34.7 Å². The number of hydrogen-bond donors (Lipinski definition) is 2. The van der Waals surface area contributed by atoms with Crippen molar-refractivity contribution in [1.82, 2.24) is 0 Å². The number of thioether (sulfide) groups is 1. The Hall–Kier alpha value is -0.260. The van der Waals surface area contributed by atoms with E-state index in [9.17, 15) is 4.79 Å². The smallest absolute Gasteiger partial charge is 0.237 e. The lowest BCUT2D eigenvalue weighted by Crippen LogP contribution is -2.50. The molecule has 0 aromatic carbocycles. The predicted molar refractivity (Wildman–Crippen MR) is 67.3 cm³/mol. The van der Waals surface area contributed by atoms with E-state index in [2.05, 4.69) is 13.8 Å². The number of carbonyl (C=O) groups is 1. The molecule has 5 heteroatoms. The number of amides is 1. The maximum Gasteiger partial charge on any atom is 0.237 e. The third kappa shape index (κ3) is 3.64. The van der Waals surface area contributed by atoms with Crippen LogP contribution in [-0.2, 0) is 9.53 Å². The Morgan fingerprint density at radius 1 is 1.69 bits per heavy atom. The molecular formula is C11H22N2O2S. The van der Waals surface area contributed by atoms with E-state index in [1.165, 1.54) is 0 Å². The van der Waals surface area contributed by atoms with Crippen molar-refractivity contribution in [1.29, 1.82) is 0 Å². The molecule has 0 bridgehead atoms. The third-order valence-electron chi connectivity index (χ3n) is 2.99. The van der Waals surface area contributed by atoms with Gasteiger partial charge in [-0.3, -0.25) is 4.79 Å². The summed E-state index contributed by atoms with van der Waals surface area (Å²) in [5.74, 6) is -0.435. The monoisotopic (exact) mass is 246 g/mol. The molecule has 0 aromatic heterocycles. The van der Waals surface area contributed by atoms with Gasteiger partial charge in [0.2, 0.25) is 5.91 Å². The van der Waals surface area contributed by atoms with E-state index in [0.717, 1.165) is 13.0 Å². The molecule has 0 spiro atoms. The van der Waals surface area contributed by atoms with Gasteiger partial charge in [-0.2, -0.15) is 11.8 Å². The highest BCUT2D eigenvalue weighted by molar-refractivity contribution is 8.00. The molecule has 1 heterocycles. The van der Waals surface area contributed by atoms with Crippen molar-refractivity contribution in [2.45, 2.75) is 55.8 Å². The van der Waals surface area contributed by atoms with E-state index in [0.29, 0.717) is 23.0 Å². The van der Waals surface area contributed by atoms with Gasteiger partial charge in [0.05, 0.1) is 11.6 Å². The first-order valence-corrected chi connectivity index (χ1v) is 6.63. The average molecular weight is 246 g/mol. The second kappa shape index (κ2) is 5.38. The van der Waals surface area contributed by atoms with E-state index in [4.69, 9.17) is 16.2 Å². The first-order valence-electron chi connectivity index (χ1n) is 5.69. The first kappa shape index (κ1) is 13.8. The zero-order valence-corrected chi connectivity index (χ0v) is 11.0. The molecule has 4 atom stereocenters. The summed E-state index contributed by atoms with van der Waals surface area (Å²) >= 11 is 1.85. The summed E-state index contributed by atoms with van der Waals surface area (Å²) in [6.07, 6.45) is 1.98. The van der Waals surface area contributed by atoms with E-state index >= 15 is 0 Å². The van der Waals surface area contributed by atoms with Crippen molar-refractivity contribution in [2.75, 3.05) is 6.61 Å². The van der Waals surface area contributed by atoms with Crippen molar-refractivity contribution in [3.8, 4) is 0 Å². The Morgan fingerprint density at radius 2 is 2.31 bits per heavy atom. The Labute approximate surface area is 101 Å². The molecule has 1 rings (SSSR count). The summed E-state index contributed by atoms with van der Waals surface area (Å²) in [7, 11) is 0. The summed E-state index contributed by atoms with van der Waals surface area (Å²) < 4.78 is 5.50. The molecule has 4 N–H and O–H groups in total. The molecule has 94 valence electrons. The van der Waals surface area contributed by atoms with Crippen molar-refractivity contribution in [3.63, 3.8) is 0 Å². The maximum atomic E-state index is 11.1. The summed E-state index contributed by atoms with van der Waals surface area (Å²) in [5, 5.41) is 0.829. The molecule has 16 heavy (non-hydrogen) atoms. The molecule has 1 aliphatic rings. The van der Waals surface area contributed by atoms with E-state index in [1.807, 2.05) is 11.8 Å². The molecular weight excluding hydrogens is 224 g/mol. The number of primary amides is 1. The lowest BCUT2D eigenvalue weighted by Gasteiger charge is -2.26. The standard InChI is InChI=1S/C11H22N2O2S/c1-7(6-11(3,13)10(12)14)16-9-4-5-15-8(9)2/h7-9H,4-6,13H2,1-3H3,(H2,12,14). The molecule has 1 amide bonds. The molecule has 0 aliphatic carbocycles. The lowest BCUT2D eigenvalue weighted by molar-refractivity contribution is -0.122. The van der Waals surface area contributed by atoms with Gasteiger partial charge in [0, 0.05) is 17.1 Å². The number of rotatable bonds is 5. The first-order chi connectivity index (χ1) is 7.33. The van der Waals surface area contributed by atoms with Crippen molar-refractivity contribution in [3.05, 3.63) is 0 Å². The van der Waals surface area contributed by atoms with Crippen LogP contribution in [0.5, 0.6) is 0 Å². The van der Waals surface area contributed by atoms with Crippen molar-refractivity contribution in [2.24, 2.45) is 11.5 Å². The molecule has 1 fully saturated rings. The van der Waals surface area contributed by atoms with Gasteiger partial charge in [0.25, 0.3) is 0 Å². The quantitative estimate of drug-likeness (QED) is 0.755. The number of ether oxygens (including phenoxy) is 1. The summed E-state index contributed by atoms with van der Waals surface area (Å²) in [6.45, 7) is 6.71. The van der Waals surface area contributed by atoms with Crippen LogP contribution in [0.2, 0.25) is 0 Å². The van der Waals surface area contributed by atoms with E-state index < -0.39 is 11.4 Å². The Kier molecular flexibility index (Phi) is 4.64. The number of carbonyl (C=O) groups excluding carboxylic acids is 1. The van der Waals surface area contributed by atoms with Crippen LogP contribution < -0.4 is 11.5 Å². The minimum atomic E-state index is -0.908. The zero-order valence-electron chi connectivity index (χ0n) is 10.2. The highest BCUT2D eigenvalue weighted by Gasteiger charge is 2.31. The van der Waals surface area contributed by atoms with Gasteiger partial charge >= 0.3 is 0 Å². The number of nitrogens with two attached hydrogens (primary N) is 2. The van der Waals surface area contributed by atoms with Crippen LogP contribution in [0.4, 0.5) is 0 Å². The van der Waals surface area contributed by atoms with Crippen LogP contribution in [0.25, 0.3) is 0 Å². The van der Waals surface area contributed by atoms with E-state index in [1.54, 1.807) is 6.92 Å². The lowest BCUT2D eigenvalue weighted by atomic mass is 9.97. The van der Waals surface area contributed by atoms with Gasteiger partial charge < -0.3 is 16.2 Å². The van der Waals surface area contributed by atoms with Crippen LogP contribution in [0.3, 0.4) is 0 Å². The maximum absolute atomic E-state index is 11.1. The summed E-state index contributed by atoms with van der Waals surface area (Å²) in [4.78, 5) is 11.1. The molecule has 1 aliphatic heterocycles. The molecule has 4 nitrogen and oxygen atoms in total. The van der Waals surface area contributed by atoms with Crippen molar-refractivity contribution < 1.29 is 9.53 Å². The molecule has 0 aromatic rings. The van der Waals surface area contributed by atoms with Crippen LogP contribution in [0.1, 0.15) is 33.6 Å². The minimum Gasteiger partial charge on any atom is -0.377 e. The summed E-state index contributed by atoms with van der Waals surface area (Å²) in [5.41, 5.74) is 10.2. The Morgan fingerprint density at radius 3 is 2.75 bits per heavy atom. The topological polar surface area (TPSA) is 78.3 Å². The normalized spacial score (nSPS) is 31.0. The fourth-order valence-corrected chi connectivity index (χ4v) is 3.51. The fourth-order valence-electron chi connectivity index (χ4n) is 1.94. The van der Waals surface area contributed by atoms with Crippen molar-refractivity contribution >= 4 is 17.7 Å². The molecule has 0 saturated carbocycles. The van der Waals surface area contributed by atoms with Gasteiger partial charge in [-0.1, -0.05) is 6.92 Å². The van der Waals surface area contributed by atoms with Crippen LogP contribution in [0.15, 0.2) is 0 Å². The zero-order chi connectivity index (χ0) is 12.3. The third-order valence-corrected chi connectivity index (χ3v) is 4.59. The average Bonchev–Trinajstić information content (AvgIpc) is 2.50. The highest BCUT2D eigenvalue weighted by Crippen LogP contribution is 2.32. The molecule has 1 saturated heterocycles. The minimum absolute atomic E-state index is 0.296. The van der Waals surface area contributed by atoms with Gasteiger partial charge in [-0.05, 0) is 26.7 Å². The largest absolute Gasteiger partial charge is 0.377 e. The van der Waals surface area contributed by atoms with Gasteiger partial charge in [-0.25, -0.2) is 0 Å². The van der Waals surface area contributed by atoms with Crippen LogP contribution in [0, 0.1) is 0 Å². The fraction of sp³-hybridized carbons (Fsp3) is 0.909. The summed E-state index contributed by atoms with van der Waals surface area (Å²) in [6, 6.07) is 0. The Bertz CT molecular complexity index is 258. The second-order valence-corrected chi connectivity index (χ2v) is 6.52. The molecule has 4 unspecified atom stereocenters. The number of hydrogen-bond acceptors (Lipinski definition) is 4. The van der Waals surface area contributed by atoms with E-state index in [-0.39, 0.29) is 0 Å². The van der Waals surface area contributed by atoms with Gasteiger partial charge in [0.1, 0.15) is 0 Å².